The first kappa shape index (κ1) is 16.2. The molecular weight excluding hydrogens is 213 g/mol. The second kappa shape index (κ2) is 7.48. The minimum atomic E-state index is 0. The molecule has 1 aliphatic heterocycles. The molecule has 17 heavy (non-hydrogen) atoms. The maximum atomic E-state index is 5.66. The van der Waals surface area contributed by atoms with Gasteiger partial charge in [0.2, 0.25) is 0 Å². The summed E-state index contributed by atoms with van der Waals surface area (Å²) in [5, 5.41) is 0. The molecule has 92 valence electrons. The zero-order chi connectivity index (χ0) is 10.7. The normalized spacial score (nSPS) is 19.6. The summed E-state index contributed by atoms with van der Waals surface area (Å²) in [6.07, 6.45) is 3.87. The fraction of sp³-hybridized carbons (Fsp3) is 0.538. The van der Waals surface area contributed by atoms with E-state index in [1.807, 2.05) is 12.1 Å². The van der Waals surface area contributed by atoms with E-state index in [9.17, 15) is 0 Å². The number of nitrogens with zero attached hydrogens (tertiary/aromatic N) is 1. The molecule has 0 bridgehead atoms. The van der Waals surface area contributed by atoms with Gasteiger partial charge in [-0.2, -0.15) is 0 Å². The van der Waals surface area contributed by atoms with Crippen molar-refractivity contribution in [2.75, 3.05) is 13.1 Å². The van der Waals surface area contributed by atoms with Crippen LogP contribution in [0, 0.1) is 0 Å². The number of benzene rings is 1. The van der Waals surface area contributed by atoms with Crippen LogP contribution in [-0.4, -0.2) is 42.8 Å². The Balaban J connectivity index is 0.00000128. The maximum Gasteiger partial charge on any atom is -0.870 e. The molecule has 0 saturated carbocycles. The molecule has 2 rings (SSSR count). The van der Waals surface area contributed by atoms with E-state index in [-0.39, 0.29) is 11.0 Å². The van der Waals surface area contributed by atoms with Crippen molar-refractivity contribution in [1.29, 1.82) is 0 Å². The number of hydrogen-bond donors (Lipinski definition) is 0. The molecule has 0 aliphatic carbocycles. The second-order valence-corrected chi connectivity index (χ2v) is 4.52. The summed E-state index contributed by atoms with van der Waals surface area (Å²) in [5.41, 5.74) is 2.25. The van der Waals surface area contributed by atoms with Crippen molar-refractivity contribution < 1.29 is 11.0 Å². The molecule has 0 radical (unpaired) electrons. The van der Waals surface area contributed by atoms with Crippen LogP contribution in [0.1, 0.15) is 25.3 Å². The average Bonchev–Trinajstić information content (AvgIpc) is 2.63. The first-order valence-corrected chi connectivity index (χ1v) is 5.84. The minimum Gasteiger partial charge on any atom is -0.870 e. The zero-order valence-corrected chi connectivity index (χ0v) is 10.3. The number of rotatable bonds is 3. The van der Waals surface area contributed by atoms with Gasteiger partial charge in [-0.25, -0.2) is 0 Å². The first-order chi connectivity index (χ1) is 7.25. The molecule has 0 aromatic heterocycles. The predicted octanol–water partition coefficient (Wildman–Crippen LogP) is 1.15. The first-order valence-electron chi connectivity index (χ1n) is 5.84. The summed E-state index contributed by atoms with van der Waals surface area (Å²) in [4.78, 5) is 2.58. The van der Waals surface area contributed by atoms with Crippen LogP contribution >= 0.6 is 0 Å². The van der Waals surface area contributed by atoms with Gasteiger partial charge in [0.25, 0.3) is 0 Å². The van der Waals surface area contributed by atoms with E-state index >= 15 is 0 Å². The van der Waals surface area contributed by atoms with E-state index in [0.717, 1.165) is 17.9 Å². The van der Waals surface area contributed by atoms with Crippen molar-refractivity contribution in [1.82, 2.24) is 4.90 Å². The van der Waals surface area contributed by atoms with E-state index in [1.54, 1.807) is 0 Å². The monoisotopic (exact) mass is 233 g/mol. The molecule has 1 fully saturated rings. The fourth-order valence-corrected chi connectivity index (χ4v) is 2.28. The van der Waals surface area contributed by atoms with E-state index in [1.165, 1.54) is 31.5 Å². The number of hydrogen-bond acceptors (Lipinski definition) is 3. The maximum absolute atomic E-state index is 5.66. The van der Waals surface area contributed by atoms with Crippen LogP contribution < -0.4 is 5.46 Å². The summed E-state index contributed by atoms with van der Waals surface area (Å²) >= 11 is 0. The quantitative estimate of drug-likeness (QED) is 0.735. The van der Waals surface area contributed by atoms with Crippen LogP contribution in [0.4, 0.5) is 0 Å². The summed E-state index contributed by atoms with van der Waals surface area (Å²) in [5.74, 6) is 0. The van der Waals surface area contributed by atoms with Crippen LogP contribution in [0.25, 0.3) is 0 Å². The SMILES string of the molecule is [B+2]c1ccc(CCN2CCCC2C)cc1.[OH-].[OH-]. The summed E-state index contributed by atoms with van der Waals surface area (Å²) in [6, 6.07) is 9.02. The molecule has 3 nitrogen and oxygen atoms in total. The molecule has 1 aromatic rings. The van der Waals surface area contributed by atoms with E-state index in [4.69, 9.17) is 7.85 Å². The molecular formula is C13H20BNO2. The van der Waals surface area contributed by atoms with E-state index < -0.39 is 0 Å². The van der Waals surface area contributed by atoms with Crippen molar-refractivity contribution >= 4 is 13.3 Å². The Hall–Kier alpha value is -0.835. The van der Waals surface area contributed by atoms with Crippen LogP contribution in [0.5, 0.6) is 0 Å². The molecule has 1 unspecified atom stereocenters. The molecule has 1 aliphatic rings. The van der Waals surface area contributed by atoms with Crippen LogP contribution in [0.3, 0.4) is 0 Å². The molecule has 2 N–H and O–H groups in total. The van der Waals surface area contributed by atoms with Gasteiger partial charge in [0.1, 0.15) is 0 Å². The van der Waals surface area contributed by atoms with Gasteiger partial charge >= 0.3 is 93.4 Å². The summed E-state index contributed by atoms with van der Waals surface area (Å²) in [7, 11) is 5.66. The zero-order valence-electron chi connectivity index (χ0n) is 10.3. The third-order valence-corrected chi connectivity index (χ3v) is 3.36. The van der Waals surface area contributed by atoms with Gasteiger partial charge in [0.15, 0.2) is 0 Å². The average molecular weight is 233 g/mol. The Morgan fingerprint density at radius 2 is 1.88 bits per heavy atom. The molecule has 1 atom stereocenters. The van der Waals surface area contributed by atoms with Crippen molar-refractivity contribution in [3.05, 3.63) is 29.8 Å². The van der Waals surface area contributed by atoms with E-state index in [0.29, 0.717) is 0 Å². The van der Waals surface area contributed by atoms with Crippen molar-refractivity contribution in [2.45, 2.75) is 32.2 Å². The molecule has 1 heterocycles. The van der Waals surface area contributed by atoms with Gasteiger partial charge < -0.3 is 11.0 Å². The Bertz CT molecular complexity index is 316. The fourth-order valence-electron chi connectivity index (χ4n) is 2.28. The van der Waals surface area contributed by atoms with Crippen molar-refractivity contribution in [3.8, 4) is 0 Å². The molecule has 1 saturated heterocycles. The van der Waals surface area contributed by atoms with Gasteiger partial charge in [-0.1, -0.05) is 0 Å². The molecule has 0 spiro atoms. The Kier molecular flexibility index (Phi) is 7.12. The molecule has 1 aromatic carbocycles. The number of likely N-dealkylation sites (tertiary alicyclic amines) is 1. The van der Waals surface area contributed by atoms with Gasteiger partial charge in [0.05, 0.1) is 0 Å². The van der Waals surface area contributed by atoms with Crippen molar-refractivity contribution in [3.63, 3.8) is 0 Å². The van der Waals surface area contributed by atoms with Gasteiger partial charge in [0, 0.05) is 0 Å². The Morgan fingerprint density at radius 1 is 1.24 bits per heavy atom. The summed E-state index contributed by atoms with van der Waals surface area (Å²) in [6.45, 7) is 4.79. The predicted molar refractivity (Wildman–Crippen MR) is 69.7 cm³/mol. The topological polar surface area (TPSA) is 63.2 Å². The molecule has 0 amide bonds. The molecule has 4 heteroatoms. The second-order valence-electron chi connectivity index (χ2n) is 4.52. The standard InChI is InChI=1S/C13H18BN.2H2O/c1-11-3-2-9-15(11)10-8-12-4-6-13(14)7-5-12;;/h4-7,11H,2-3,8-10H2,1H3;2*1H2/q+2;;/p-2. The van der Waals surface area contributed by atoms with Gasteiger partial charge in [-0.3, -0.25) is 0 Å². The van der Waals surface area contributed by atoms with Crippen LogP contribution in [-0.2, 0) is 6.42 Å². The van der Waals surface area contributed by atoms with E-state index in [2.05, 4.69) is 24.0 Å². The minimum absolute atomic E-state index is 0. The van der Waals surface area contributed by atoms with Crippen LogP contribution in [0.2, 0.25) is 0 Å². The summed E-state index contributed by atoms with van der Waals surface area (Å²) < 4.78 is 0. The smallest absolute Gasteiger partial charge is 0.870 e. The Morgan fingerprint density at radius 3 is 2.41 bits per heavy atom. The largest absolute Gasteiger partial charge is 0.870 e. The van der Waals surface area contributed by atoms with Crippen molar-refractivity contribution in [2.24, 2.45) is 0 Å². The Labute approximate surface area is 105 Å². The third-order valence-electron chi connectivity index (χ3n) is 3.36. The van der Waals surface area contributed by atoms with Gasteiger partial charge in [-0.05, 0) is 0 Å². The van der Waals surface area contributed by atoms with Gasteiger partial charge in [-0.15, -0.1) is 0 Å². The van der Waals surface area contributed by atoms with Crippen LogP contribution in [0.15, 0.2) is 24.3 Å². The third kappa shape index (κ3) is 4.50.